The lowest BCUT2D eigenvalue weighted by atomic mass is 9.91. The first-order chi connectivity index (χ1) is 11.1. The molecule has 1 fully saturated rings. The van der Waals surface area contributed by atoms with E-state index in [1.165, 1.54) is 17.4 Å². The molecular formula is C16H21N5O2. The van der Waals surface area contributed by atoms with Gasteiger partial charge in [0.2, 0.25) is 0 Å². The molecule has 7 heteroatoms. The van der Waals surface area contributed by atoms with E-state index in [0.717, 1.165) is 13.0 Å². The molecule has 2 heterocycles. The van der Waals surface area contributed by atoms with Crippen molar-refractivity contribution < 1.29 is 9.53 Å². The number of tetrazole rings is 1. The number of hydrogen-bond acceptors (Lipinski definition) is 5. The van der Waals surface area contributed by atoms with Crippen LogP contribution in [0.3, 0.4) is 0 Å². The molecule has 1 aliphatic rings. The van der Waals surface area contributed by atoms with Crippen LogP contribution in [0, 0.1) is 5.92 Å². The summed E-state index contributed by atoms with van der Waals surface area (Å²) in [5, 5.41) is 11.2. The highest BCUT2D eigenvalue weighted by atomic mass is 16.5. The molecule has 7 nitrogen and oxygen atoms in total. The third kappa shape index (κ3) is 2.91. The van der Waals surface area contributed by atoms with Gasteiger partial charge in [-0.05, 0) is 54.3 Å². The summed E-state index contributed by atoms with van der Waals surface area (Å²) in [6, 6.07) is 5.60. The fourth-order valence-electron chi connectivity index (χ4n) is 3.06. The van der Waals surface area contributed by atoms with Crippen molar-refractivity contribution >= 4 is 5.91 Å². The lowest BCUT2D eigenvalue weighted by Crippen LogP contribution is -2.46. The Morgan fingerprint density at radius 1 is 1.35 bits per heavy atom. The van der Waals surface area contributed by atoms with Crippen LogP contribution in [-0.2, 0) is 0 Å². The highest BCUT2D eigenvalue weighted by Gasteiger charge is 2.29. The number of carbonyl (C=O) groups excluding carboxylic acids is 1. The number of methoxy groups -OCH3 is 1. The molecule has 0 spiro atoms. The standard InChI is InChI=1S/C16H21N5O2/c1-11-5-4-8-20(12(11)2)16(22)13-6-7-15(23-3)14(9-13)21-10-17-18-19-21/h6-7,9-12H,4-5,8H2,1-3H3. The van der Waals surface area contributed by atoms with E-state index >= 15 is 0 Å². The minimum atomic E-state index is 0.0426. The molecule has 1 aromatic heterocycles. The first-order valence-electron chi connectivity index (χ1n) is 7.84. The zero-order chi connectivity index (χ0) is 16.4. The molecular weight excluding hydrogens is 294 g/mol. The van der Waals surface area contributed by atoms with Crippen molar-refractivity contribution in [1.82, 2.24) is 25.1 Å². The third-order valence-electron chi connectivity index (χ3n) is 4.66. The first kappa shape index (κ1) is 15.5. The Bertz CT molecular complexity index is 686. The number of amides is 1. The van der Waals surface area contributed by atoms with Gasteiger partial charge in [0.05, 0.1) is 7.11 Å². The number of piperidine rings is 1. The summed E-state index contributed by atoms with van der Waals surface area (Å²) < 4.78 is 6.84. The quantitative estimate of drug-likeness (QED) is 0.865. The van der Waals surface area contributed by atoms with E-state index in [1.54, 1.807) is 25.3 Å². The maximum Gasteiger partial charge on any atom is 0.254 e. The minimum absolute atomic E-state index is 0.0426. The molecule has 0 saturated carbocycles. The fourth-order valence-corrected chi connectivity index (χ4v) is 3.06. The molecule has 2 aromatic rings. The molecule has 1 aliphatic heterocycles. The van der Waals surface area contributed by atoms with Crippen LogP contribution in [0.2, 0.25) is 0 Å². The molecule has 1 amide bonds. The van der Waals surface area contributed by atoms with Gasteiger partial charge in [0, 0.05) is 18.2 Å². The Labute approximate surface area is 135 Å². The Balaban J connectivity index is 1.94. The van der Waals surface area contributed by atoms with Gasteiger partial charge < -0.3 is 9.64 Å². The van der Waals surface area contributed by atoms with Crippen molar-refractivity contribution in [3.8, 4) is 11.4 Å². The highest BCUT2D eigenvalue weighted by molar-refractivity contribution is 5.95. The maximum absolute atomic E-state index is 12.9. The summed E-state index contributed by atoms with van der Waals surface area (Å²) in [7, 11) is 1.58. The molecule has 122 valence electrons. The molecule has 2 atom stereocenters. The number of ether oxygens (including phenoxy) is 1. The number of likely N-dealkylation sites (tertiary alicyclic amines) is 1. The maximum atomic E-state index is 12.9. The predicted octanol–water partition coefficient (Wildman–Crippen LogP) is 1.93. The second kappa shape index (κ2) is 6.36. The number of carbonyl (C=O) groups is 1. The van der Waals surface area contributed by atoms with E-state index < -0.39 is 0 Å². The predicted molar refractivity (Wildman–Crippen MR) is 84.6 cm³/mol. The Hall–Kier alpha value is -2.44. The molecule has 0 aliphatic carbocycles. The van der Waals surface area contributed by atoms with Crippen molar-refractivity contribution in [2.75, 3.05) is 13.7 Å². The number of hydrogen-bond donors (Lipinski definition) is 0. The smallest absolute Gasteiger partial charge is 0.254 e. The first-order valence-corrected chi connectivity index (χ1v) is 7.84. The van der Waals surface area contributed by atoms with E-state index in [0.29, 0.717) is 22.9 Å². The van der Waals surface area contributed by atoms with E-state index in [1.807, 2.05) is 4.90 Å². The molecule has 0 N–H and O–H groups in total. The van der Waals surface area contributed by atoms with Crippen LogP contribution in [0.4, 0.5) is 0 Å². The molecule has 1 saturated heterocycles. The van der Waals surface area contributed by atoms with Gasteiger partial charge in [-0.2, -0.15) is 4.68 Å². The van der Waals surface area contributed by atoms with Crippen molar-refractivity contribution in [3.05, 3.63) is 30.1 Å². The molecule has 0 bridgehead atoms. The van der Waals surface area contributed by atoms with Gasteiger partial charge in [-0.25, -0.2) is 0 Å². The van der Waals surface area contributed by atoms with Gasteiger partial charge in [-0.15, -0.1) is 5.10 Å². The Kier molecular flexibility index (Phi) is 4.27. The van der Waals surface area contributed by atoms with Crippen LogP contribution in [0.5, 0.6) is 5.75 Å². The van der Waals surface area contributed by atoms with E-state index in [9.17, 15) is 4.79 Å². The lowest BCUT2D eigenvalue weighted by Gasteiger charge is -2.38. The van der Waals surface area contributed by atoms with Gasteiger partial charge in [-0.1, -0.05) is 6.92 Å². The molecule has 2 unspecified atom stereocenters. The zero-order valence-electron chi connectivity index (χ0n) is 13.6. The summed E-state index contributed by atoms with van der Waals surface area (Å²) in [6.45, 7) is 5.12. The van der Waals surface area contributed by atoms with Crippen LogP contribution in [0.1, 0.15) is 37.0 Å². The monoisotopic (exact) mass is 315 g/mol. The van der Waals surface area contributed by atoms with Gasteiger partial charge >= 0.3 is 0 Å². The van der Waals surface area contributed by atoms with Crippen molar-refractivity contribution in [2.24, 2.45) is 5.92 Å². The molecule has 1 aromatic carbocycles. The number of rotatable bonds is 3. The Morgan fingerprint density at radius 3 is 2.87 bits per heavy atom. The zero-order valence-corrected chi connectivity index (χ0v) is 13.6. The van der Waals surface area contributed by atoms with Gasteiger partial charge in [0.15, 0.2) is 0 Å². The summed E-state index contributed by atoms with van der Waals surface area (Å²) in [6.07, 6.45) is 3.70. The summed E-state index contributed by atoms with van der Waals surface area (Å²) in [5.41, 5.74) is 1.28. The van der Waals surface area contributed by atoms with Gasteiger partial charge in [0.1, 0.15) is 17.8 Å². The summed E-state index contributed by atoms with van der Waals surface area (Å²) in [4.78, 5) is 14.9. The van der Waals surface area contributed by atoms with Crippen LogP contribution >= 0.6 is 0 Å². The minimum Gasteiger partial charge on any atom is -0.494 e. The van der Waals surface area contributed by atoms with Crippen LogP contribution < -0.4 is 4.74 Å². The van der Waals surface area contributed by atoms with Crippen molar-refractivity contribution in [1.29, 1.82) is 0 Å². The molecule has 0 radical (unpaired) electrons. The number of nitrogens with zero attached hydrogens (tertiary/aromatic N) is 5. The molecule has 3 rings (SSSR count). The normalized spacial score (nSPS) is 21.3. The third-order valence-corrected chi connectivity index (χ3v) is 4.66. The average molecular weight is 315 g/mol. The van der Waals surface area contributed by atoms with Gasteiger partial charge in [-0.3, -0.25) is 4.79 Å². The number of aromatic nitrogens is 4. The second-order valence-corrected chi connectivity index (χ2v) is 6.00. The summed E-state index contributed by atoms with van der Waals surface area (Å²) >= 11 is 0. The molecule has 23 heavy (non-hydrogen) atoms. The average Bonchev–Trinajstić information content (AvgIpc) is 3.10. The van der Waals surface area contributed by atoms with Crippen LogP contribution in [0.15, 0.2) is 24.5 Å². The summed E-state index contributed by atoms with van der Waals surface area (Å²) in [5.74, 6) is 1.18. The number of benzene rings is 1. The highest BCUT2D eigenvalue weighted by Crippen LogP contribution is 2.27. The van der Waals surface area contributed by atoms with Gasteiger partial charge in [0.25, 0.3) is 5.91 Å². The van der Waals surface area contributed by atoms with E-state index in [-0.39, 0.29) is 11.9 Å². The van der Waals surface area contributed by atoms with E-state index in [2.05, 4.69) is 29.4 Å². The van der Waals surface area contributed by atoms with Crippen molar-refractivity contribution in [2.45, 2.75) is 32.7 Å². The van der Waals surface area contributed by atoms with Crippen LogP contribution in [0.25, 0.3) is 5.69 Å². The largest absolute Gasteiger partial charge is 0.494 e. The second-order valence-electron chi connectivity index (χ2n) is 6.00. The van der Waals surface area contributed by atoms with Crippen LogP contribution in [-0.4, -0.2) is 50.7 Å². The fraction of sp³-hybridized carbons (Fsp3) is 0.500. The topological polar surface area (TPSA) is 73.1 Å². The lowest BCUT2D eigenvalue weighted by molar-refractivity contribution is 0.0551. The van der Waals surface area contributed by atoms with E-state index in [4.69, 9.17) is 4.74 Å². The van der Waals surface area contributed by atoms with Crippen molar-refractivity contribution in [3.63, 3.8) is 0 Å². The Morgan fingerprint density at radius 2 is 2.17 bits per heavy atom. The SMILES string of the molecule is COc1ccc(C(=O)N2CCCC(C)C2C)cc1-n1cnnn1.